The molecule has 0 amide bonds. The zero-order chi connectivity index (χ0) is 15.3. The van der Waals surface area contributed by atoms with Crippen LogP contribution in [0.25, 0.3) is 27.9 Å². The van der Waals surface area contributed by atoms with E-state index in [2.05, 4.69) is 4.98 Å². The molecule has 0 bridgehead atoms. The van der Waals surface area contributed by atoms with Crippen LogP contribution in [0.15, 0.2) is 58.0 Å². The van der Waals surface area contributed by atoms with Gasteiger partial charge in [0.1, 0.15) is 5.58 Å². The number of nitrogens with zero attached hydrogens (tertiary/aromatic N) is 2. The first kappa shape index (κ1) is 13.4. The zero-order valence-electron chi connectivity index (χ0n) is 11.1. The van der Waals surface area contributed by atoms with Gasteiger partial charge in [0.2, 0.25) is 0 Å². The number of hydrogen-bond acceptors (Lipinski definition) is 3. The Bertz CT molecular complexity index is 1080. The molecule has 1 aromatic carbocycles. The van der Waals surface area contributed by atoms with Gasteiger partial charge in [-0.05, 0) is 18.2 Å². The Morgan fingerprint density at radius 2 is 1.91 bits per heavy atom. The van der Waals surface area contributed by atoms with Crippen LogP contribution in [0.2, 0.25) is 10.0 Å². The normalized spacial score (nSPS) is 11.4. The highest BCUT2D eigenvalue weighted by molar-refractivity contribution is 6.36. The van der Waals surface area contributed by atoms with Gasteiger partial charge in [-0.3, -0.25) is 0 Å². The lowest BCUT2D eigenvalue weighted by Crippen LogP contribution is -2.02. The first-order valence-electron chi connectivity index (χ1n) is 6.49. The van der Waals surface area contributed by atoms with E-state index in [0.29, 0.717) is 32.5 Å². The van der Waals surface area contributed by atoms with Gasteiger partial charge in [0, 0.05) is 17.8 Å². The number of benzene rings is 1. The summed E-state index contributed by atoms with van der Waals surface area (Å²) in [5, 5.41) is 1.74. The number of imidazole rings is 1. The summed E-state index contributed by atoms with van der Waals surface area (Å²) in [6.07, 6.45) is 3.38. The third-order valence-electron chi connectivity index (χ3n) is 3.39. The number of rotatable bonds is 1. The standard InChI is InChI=1S/C16H8Cl2N2O2/c17-10-6-12(18)15-19-13(8-20(15)7-10)11-5-9-3-1-2-4-14(9)22-16(11)21/h1-8H. The largest absolute Gasteiger partial charge is 0.422 e. The summed E-state index contributed by atoms with van der Waals surface area (Å²) >= 11 is 12.1. The van der Waals surface area contributed by atoms with Crippen LogP contribution in [0.5, 0.6) is 0 Å². The van der Waals surface area contributed by atoms with E-state index < -0.39 is 5.63 Å². The van der Waals surface area contributed by atoms with E-state index in [9.17, 15) is 4.79 Å². The molecule has 108 valence electrons. The van der Waals surface area contributed by atoms with Gasteiger partial charge in [-0.15, -0.1) is 0 Å². The van der Waals surface area contributed by atoms with Gasteiger partial charge in [-0.2, -0.15) is 0 Å². The second kappa shape index (κ2) is 4.87. The van der Waals surface area contributed by atoms with Crippen LogP contribution in [0.1, 0.15) is 0 Å². The smallest absolute Gasteiger partial charge is 0.345 e. The molecular formula is C16H8Cl2N2O2. The molecule has 0 aliphatic heterocycles. The third kappa shape index (κ3) is 2.08. The summed E-state index contributed by atoms with van der Waals surface area (Å²) in [4.78, 5) is 16.6. The van der Waals surface area contributed by atoms with Gasteiger partial charge in [0.15, 0.2) is 5.65 Å². The molecule has 3 aromatic heterocycles. The maximum atomic E-state index is 12.2. The molecule has 0 aliphatic rings. The van der Waals surface area contributed by atoms with Crippen molar-refractivity contribution in [2.75, 3.05) is 0 Å². The summed E-state index contributed by atoms with van der Waals surface area (Å²) in [6, 6.07) is 10.7. The van der Waals surface area contributed by atoms with Crippen LogP contribution in [0.4, 0.5) is 0 Å². The van der Waals surface area contributed by atoms with Crippen LogP contribution in [-0.4, -0.2) is 9.38 Å². The number of aromatic nitrogens is 2. The average molecular weight is 331 g/mol. The van der Waals surface area contributed by atoms with E-state index in [0.717, 1.165) is 5.39 Å². The van der Waals surface area contributed by atoms with Crippen LogP contribution >= 0.6 is 23.2 Å². The topological polar surface area (TPSA) is 47.5 Å². The Hall–Kier alpha value is -2.30. The minimum absolute atomic E-state index is 0.384. The summed E-state index contributed by atoms with van der Waals surface area (Å²) in [7, 11) is 0. The molecule has 0 fully saturated rings. The SMILES string of the molecule is O=c1oc2ccccc2cc1-c1cn2cc(Cl)cc(Cl)c2n1. The third-order valence-corrected chi connectivity index (χ3v) is 3.88. The first-order chi connectivity index (χ1) is 10.6. The second-order valence-electron chi connectivity index (χ2n) is 4.85. The maximum absolute atomic E-state index is 12.2. The van der Waals surface area contributed by atoms with Crippen LogP contribution in [0, 0.1) is 0 Å². The molecule has 0 N–H and O–H groups in total. The zero-order valence-corrected chi connectivity index (χ0v) is 12.6. The van der Waals surface area contributed by atoms with E-state index in [1.165, 1.54) is 0 Å². The quantitative estimate of drug-likeness (QED) is 0.485. The van der Waals surface area contributed by atoms with E-state index in [4.69, 9.17) is 27.6 Å². The van der Waals surface area contributed by atoms with Crippen molar-refractivity contribution in [3.63, 3.8) is 0 Å². The predicted octanol–water partition coefficient (Wildman–Crippen LogP) is 4.41. The number of fused-ring (bicyclic) bond motifs is 2. The van der Waals surface area contributed by atoms with Crippen molar-refractivity contribution in [1.82, 2.24) is 9.38 Å². The molecule has 0 spiro atoms. The highest BCUT2D eigenvalue weighted by atomic mass is 35.5. The Balaban J connectivity index is 2.00. The summed E-state index contributed by atoms with van der Waals surface area (Å²) in [5.74, 6) is 0. The Morgan fingerprint density at radius 1 is 1.09 bits per heavy atom. The molecule has 0 unspecified atom stereocenters. The molecule has 4 aromatic rings. The van der Waals surface area contributed by atoms with E-state index in [1.807, 2.05) is 18.2 Å². The summed E-state index contributed by atoms with van der Waals surface area (Å²) in [6.45, 7) is 0. The van der Waals surface area contributed by atoms with Gasteiger partial charge in [-0.25, -0.2) is 9.78 Å². The maximum Gasteiger partial charge on any atom is 0.345 e. The van der Waals surface area contributed by atoms with E-state index >= 15 is 0 Å². The van der Waals surface area contributed by atoms with E-state index in [-0.39, 0.29) is 0 Å². The number of pyridine rings is 1. The molecule has 0 saturated carbocycles. The Labute approximate surface area is 134 Å². The average Bonchev–Trinajstić information content (AvgIpc) is 2.90. The van der Waals surface area contributed by atoms with Crippen molar-refractivity contribution in [2.45, 2.75) is 0 Å². The number of halogens is 2. The fraction of sp³-hybridized carbons (Fsp3) is 0. The Kier molecular flexibility index (Phi) is 2.96. The first-order valence-corrected chi connectivity index (χ1v) is 7.24. The van der Waals surface area contributed by atoms with Crippen LogP contribution in [0.3, 0.4) is 0 Å². The molecule has 0 atom stereocenters. The minimum Gasteiger partial charge on any atom is -0.422 e. The summed E-state index contributed by atoms with van der Waals surface area (Å²) in [5.41, 5.74) is 1.51. The van der Waals surface area contributed by atoms with Gasteiger partial charge in [0.05, 0.1) is 21.3 Å². The fourth-order valence-electron chi connectivity index (χ4n) is 2.39. The van der Waals surface area contributed by atoms with Gasteiger partial charge >= 0.3 is 5.63 Å². The lowest BCUT2D eigenvalue weighted by atomic mass is 10.1. The molecule has 6 heteroatoms. The van der Waals surface area contributed by atoms with E-state index in [1.54, 1.807) is 35.0 Å². The number of para-hydroxylation sites is 1. The highest BCUT2D eigenvalue weighted by Gasteiger charge is 2.13. The van der Waals surface area contributed by atoms with Gasteiger partial charge in [-0.1, -0.05) is 41.4 Å². The molecule has 3 heterocycles. The fourth-order valence-corrected chi connectivity index (χ4v) is 2.92. The van der Waals surface area contributed by atoms with Crippen molar-refractivity contribution in [2.24, 2.45) is 0 Å². The van der Waals surface area contributed by atoms with Gasteiger partial charge in [0.25, 0.3) is 0 Å². The van der Waals surface area contributed by atoms with Crippen molar-refractivity contribution in [3.8, 4) is 11.3 Å². The highest BCUT2D eigenvalue weighted by Crippen LogP contribution is 2.26. The monoisotopic (exact) mass is 330 g/mol. The predicted molar refractivity (Wildman–Crippen MR) is 86.7 cm³/mol. The number of hydrogen-bond donors (Lipinski definition) is 0. The molecular weight excluding hydrogens is 323 g/mol. The summed E-state index contributed by atoms with van der Waals surface area (Å²) < 4.78 is 7.02. The second-order valence-corrected chi connectivity index (χ2v) is 5.69. The molecule has 22 heavy (non-hydrogen) atoms. The minimum atomic E-state index is -0.440. The van der Waals surface area contributed by atoms with Crippen molar-refractivity contribution < 1.29 is 4.42 Å². The lowest BCUT2D eigenvalue weighted by molar-refractivity contribution is 0.563. The molecule has 0 radical (unpaired) electrons. The molecule has 4 nitrogen and oxygen atoms in total. The van der Waals surface area contributed by atoms with Crippen molar-refractivity contribution in [3.05, 3.63) is 69.3 Å². The van der Waals surface area contributed by atoms with Crippen LogP contribution < -0.4 is 5.63 Å². The molecule has 0 aliphatic carbocycles. The van der Waals surface area contributed by atoms with Gasteiger partial charge < -0.3 is 8.82 Å². The Morgan fingerprint density at radius 3 is 2.77 bits per heavy atom. The molecule has 0 saturated heterocycles. The molecule has 4 rings (SSSR count). The lowest BCUT2D eigenvalue weighted by Gasteiger charge is -1.98. The van der Waals surface area contributed by atoms with Crippen molar-refractivity contribution >= 4 is 39.8 Å². The van der Waals surface area contributed by atoms with Crippen LogP contribution in [-0.2, 0) is 0 Å². The van der Waals surface area contributed by atoms with Crippen molar-refractivity contribution in [1.29, 1.82) is 0 Å².